The van der Waals surface area contributed by atoms with Crippen LogP contribution in [0.4, 0.5) is 4.79 Å². The number of rotatable bonds is 7. The summed E-state index contributed by atoms with van der Waals surface area (Å²) in [6.07, 6.45) is 1.92. The number of hydrogen-bond donors (Lipinski definition) is 2. The summed E-state index contributed by atoms with van der Waals surface area (Å²) in [7, 11) is 0. The van der Waals surface area contributed by atoms with Crippen LogP contribution in [0, 0.1) is 0 Å². The average Bonchev–Trinajstić information content (AvgIpc) is 2.43. The fourth-order valence-electron chi connectivity index (χ4n) is 2.29. The van der Waals surface area contributed by atoms with E-state index in [9.17, 15) is 4.79 Å². The summed E-state index contributed by atoms with van der Waals surface area (Å²) in [5.74, 6) is 0. The molecule has 0 heterocycles. The molecule has 2 atom stereocenters. The van der Waals surface area contributed by atoms with Gasteiger partial charge in [0.05, 0.1) is 0 Å². The Balaban J connectivity index is 2.39. The van der Waals surface area contributed by atoms with Crippen molar-refractivity contribution >= 4 is 6.09 Å². The molecule has 23 heavy (non-hydrogen) atoms. The number of aryl methyl sites for hydroxylation is 1. The molecule has 0 radical (unpaired) electrons. The molecule has 130 valence electrons. The Morgan fingerprint density at radius 1 is 1.17 bits per heavy atom. The smallest absolute Gasteiger partial charge is 0.407 e. The second-order valence-electron chi connectivity index (χ2n) is 7.17. The number of carbonyl (C=O) groups excluding carboxylic acids is 1. The lowest BCUT2D eigenvalue weighted by Gasteiger charge is -2.23. The van der Waals surface area contributed by atoms with Gasteiger partial charge in [0.25, 0.3) is 0 Å². The highest BCUT2D eigenvalue weighted by molar-refractivity contribution is 5.68. The third-order valence-corrected chi connectivity index (χ3v) is 3.51. The van der Waals surface area contributed by atoms with E-state index < -0.39 is 5.60 Å². The van der Waals surface area contributed by atoms with Gasteiger partial charge >= 0.3 is 6.09 Å². The lowest BCUT2D eigenvalue weighted by atomic mass is 10.0. The topological polar surface area (TPSA) is 50.4 Å². The van der Waals surface area contributed by atoms with Crippen molar-refractivity contribution in [2.75, 3.05) is 6.54 Å². The zero-order valence-corrected chi connectivity index (χ0v) is 15.4. The van der Waals surface area contributed by atoms with Gasteiger partial charge in [0.15, 0.2) is 0 Å². The molecule has 2 N–H and O–H groups in total. The standard InChI is InChI=1S/C19H32N2O2/c1-7-8-16-9-11-17(12-10-16)15(3)20-13-14(2)21-18(22)23-19(4,5)6/h9-12,14-15,20H,7-8,13H2,1-6H3,(H,21,22). The first-order valence-electron chi connectivity index (χ1n) is 8.53. The van der Waals surface area contributed by atoms with E-state index in [2.05, 4.69) is 48.7 Å². The molecule has 4 nitrogen and oxygen atoms in total. The van der Waals surface area contributed by atoms with E-state index in [1.807, 2.05) is 27.7 Å². The predicted octanol–water partition coefficient (Wildman–Crippen LogP) is 4.20. The zero-order valence-electron chi connectivity index (χ0n) is 15.4. The Hall–Kier alpha value is -1.55. The molecule has 0 aliphatic rings. The molecule has 1 rings (SSSR count). The highest BCUT2D eigenvalue weighted by atomic mass is 16.6. The van der Waals surface area contributed by atoms with Gasteiger partial charge in [-0.1, -0.05) is 37.6 Å². The highest BCUT2D eigenvalue weighted by Crippen LogP contribution is 2.14. The molecule has 1 amide bonds. The molecule has 4 heteroatoms. The van der Waals surface area contributed by atoms with E-state index in [4.69, 9.17) is 4.74 Å². The Morgan fingerprint density at radius 2 is 1.78 bits per heavy atom. The highest BCUT2D eigenvalue weighted by Gasteiger charge is 2.17. The summed E-state index contributed by atoms with van der Waals surface area (Å²) in [6, 6.07) is 8.99. The maximum atomic E-state index is 11.7. The quantitative estimate of drug-likeness (QED) is 0.791. The molecule has 0 saturated carbocycles. The van der Waals surface area contributed by atoms with Crippen LogP contribution in [0.2, 0.25) is 0 Å². The first-order chi connectivity index (χ1) is 10.7. The van der Waals surface area contributed by atoms with Crippen molar-refractivity contribution in [2.45, 2.75) is 72.1 Å². The molecule has 1 aromatic carbocycles. The second-order valence-corrected chi connectivity index (χ2v) is 7.17. The second kappa shape index (κ2) is 8.92. The number of ether oxygens (including phenoxy) is 1. The molecule has 2 unspecified atom stereocenters. The molecule has 0 aliphatic carbocycles. The largest absolute Gasteiger partial charge is 0.444 e. The summed E-state index contributed by atoms with van der Waals surface area (Å²) in [5.41, 5.74) is 2.17. The average molecular weight is 320 g/mol. The normalized spacial score (nSPS) is 14.2. The van der Waals surface area contributed by atoms with E-state index in [1.54, 1.807) is 0 Å². The van der Waals surface area contributed by atoms with E-state index in [-0.39, 0.29) is 18.2 Å². The summed E-state index contributed by atoms with van der Waals surface area (Å²) in [5, 5.41) is 6.29. The molecule has 0 spiro atoms. The van der Waals surface area contributed by atoms with Crippen molar-refractivity contribution in [1.82, 2.24) is 10.6 Å². The summed E-state index contributed by atoms with van der Waals surface area (Å²) in [4.78, 5) is 11.7. The molecule has 0 bridgehead atoms. The van der Waals surface area contributed by atoms with Gasteiger partial charge in [-0.05, 0) is 52.2 Å². The number of hydrogen-bond acceptors (Lipinski definition) is 3. The molecular weight excluding hydrogens is 288 g/mol. The van der Waals surface area contributed by atoms with E-state index in [1.165, 1.54) is 17.5 Å². The third kappa shape index (κ3) is 8.03. The van der Waals surface area contributed by atoms with Gasteiger partial charge in [-0.25, -0.2) is 4.79 Å². The van der Waals surface area contributed by atoms with Crippen molar-refractivity contribution in [3.8, 4) is 0 Å². The maximum Gasteiger partial charge on any atom is 0.407 e. The Labute approximate surface area is 141 Å². The minimum absolute atomic E-state index is 0.00617. The minimum Gasteiger partial charge on any atom is -0.444 e. The van der Waals surface area contributed by atoms with Crippen LogP contribution in [0.1, 0.15) is 65.1 Å². The van der Waals surface area contributed by atoms with Crippen molar-refractivity contribution < 1.29 is 9.53 Å². The SMILES string of the molecule is CCCc1ccc(C(C)NCC(C)NC(=O)OC(C)(C)C)cc1. The van der Waals surface area contributed by atoms with Crippen LogP contribution >= 0.6 is 0 Å². The predicted molar refractivity (Wildman–Crippen MR) is 95.7 cm³/mol. The van der Waals surface area contributed by atoms with Crippen LogP contribution in [0.5, 0.6) is 0 Å². The Kier molecular flexibility index (Phi) is 7.56. The van der Waals surface area contributed by atoms with Gasteiger partial charge in [-0.3, -0.25) is 0 Å². The van der Waals surface area contributed by atoms with E-state index >= 15 is 0 Å². The first-order valence-corrected chi connectivity index (χ1v) is 8.53. The van der Waals surface area contributed by atoms with Gasteiger partial charge in [-0.15, -0.1) is 0 Å². The molecular formula is C19H32N2O2. The third-order valence-electron chi connectivity index (χ3n) is 3.51. The van der Waals surface area contributed by atoms with Gasteiger partial charge in [0.1, 0.15) is 5.60 Å². The van der Waals surface area contributed by atoms with Crippen LogP contribution in [0.3, 0.4) is 0 Å². The molecule has 0 aromatic heterocycles. The fraction of sp³-hybridized carbons (Fsp3) is 0.632. The van der Waals surface area contributed by atoms with Gasteiger partial charge in [-0.2, -0.15) is 0 Å². The number of carbonyl (C=O) groups is 1. The van der Waals surface area contributed by atoms with Crippen molar-refractivity contribution in [3.05, 3.63) is 35.4 Å². The van der Waals surface area contributed by atoms with Gasteiger partial charge < -0.3 is 15.4 Å². The number of amides is 1. The van der Waals surface area contributed by atoms with E-state index in [0.29, 0.717) is 6.54 Å². The zero-order chi connectivity index (χ0) is 17.5. The summed E-state index contributed by atoms with van der Waals surface area (Å²) < 4.78 is 5.26. The number of nitrogens with one attached hydrogen (secondary N) is 2. The van der Waals surface area contributed by atoms with Gasteiger partial charge in [0, 0.05) is 18.6 Å². The minimum atomic E-state index is -0.468. The lowest BCUT2D eigenvalue weighted by Crippen LogP contribution is -2.43. The number of benzene rings is 1. The van der Waals surface area contributed by atoms with Crippen LogP contribution in [-0.4, -0.2) is 24.3 Å². The lowest BCUT2D eigenvalue weighted by molar-refractivity contribution is 0.0507. The first kappa shape index (κ1) is 19.5. The van der Waals surface area contributed by atoms with Crippen LogP contribution in [0.25, 0.3) is 0 Å². The van der Waals surface area contributed by atoms with Crippen LogP contribution in [-0.2, 0) is 11.2 Å². The van der Waals surface area contributed by atoms with Gasteiger partial charge in [0.2, 0.25) is 0 Å². The maximum absolute atomic E-state index is 11.7. The Bertz CT molecular complexity index is 477. The fourth-order valence-corrected chi connectivity index (χ4v) is 2.29. The van der Waals surface area contributed by atoms with Crippen molar-refractivity contribution in [1.29, 1.82) is 0 Å². The monoisotopic (exact) mass is 320 g/mol. The molecule has 0 saturated heterocycles. The molecule has 0 aliphatic heterocycles. The van der Waals surface area contributed by atoms with Crippen molar-refractivity contribution in [2.24, 2.45) is 0 Å². The van der Waals surface area contributed by atoms with Crippen LogP contribution < -0.4 is 10.6 Å². The van der Waals surface area contributed by atoms with Crippen LogP contribution in [0.15, 0.2) is 24.3 Å². The number of alkyl carbamates (subject to hydrolysis) is 1. The molecule has 0 fully saturated rings. The van der Waals surface area contributed by atoms with E-state index in [0.717, 1.165) is 6.42 Å². The summed E-state index contributed by atoms with van der Waals surface area (Å²) in [6.45, 7) is 12.6. The molecule has 1 aromatic rings. The van der Waals surface area contributed by atoms with Crippen molar-refractivity contribution in [3.63, 3.8) is 0 Å². The Morgan fingerprint density at radius 3 is 2.30 bits per heavy atom. The summed E-state index contributed by atoms with van der Waals surface area (Å²) >= 11 is 0.